The molecule has 104 valence electrons. The molecular weight excluding hydrogens is 272 g/mol. The van der Waals surface area contributed by atoms with Crippen LogP contribution in [0.3, 0.4) is 0 Å². The average molecular weight is 289 g/mol. The molecule has 0 aliphatic rings. The van der Waals surface area contributed by atoms with E-state index in [2.05, 4.69) is 0 Å². The van der Waals surface area contributed by atoms with Crippen LogP contribution in [-0.2, 0) is 11.2 Å². The third-order valence-electron chi connectivity index (χ3n) is 3.34. The summed E-state index contributed by atoms with van der Waals surface area (Å²) in [4.78, 5) is 11.8. The van der Waals surface area contributed by atoms with Gasteiger partial charge >= 0.3 is 0 Å². The first-order valence-corrected chi connectivity index (χ1v) is 6.87. The Morgan fingerprint density at radius 2 is 1.95 bits per heavy atom. The number of carbonyl (C=O) groups excluding carboxylic acids is 1. The quantitative estimate of drug-likeness (QED) is 0.775. The molecule has 1 atom stereocenters. The molecule has 0 heterocycles. The number of ether oxygens (including phenoxy) is 1. The maximum atomic E-state index is 11.8. The molecular formula is C17H17ClO2. The van der Waals surface area contributed by atoms with Gasteiger partial charge in [0.2, 0.25) is 5.24 Å². The Labute approximate surface area is 124 Å². The molecule has 0 aromatic heterocycles. The van der Waals surface area contributed by atoms with Crippen molar-refractivity contribution in [3.63, 3.8) is 0 Å². The Kier molecular flexibility index (Phi) is 4.80. The number of benzene rings is 2. The topological polar surface area (TPSA) is 26.3 Å². The number of aryl methyl sites for hydroxylation is 1. The largest absolute Gasteiger partial charge is 0.496 e. The molecule has 0 amide bonds. The van der Waals surface area contributed by atoms with E-state index in [1.165, 1.54) is 0 Å². The second-order valence-electron chi connectivity index (χ2n) is 4.79. The Morgan fingerprint density at radius 3 is 2.60 bits per heavy atom. The van der Waals surface area contributed by atoms with Gasteiger partial charge in [0, 0.05) is 0 Å². The van der Waals surface area contributed by atoms with Crippen LogP contribution in [0, 0.1) is 6.92 Å². The first-order valence-electron chi connectivity index (χ1n) is 6.49. The minimum absolute atomic E-state index is 0.346. The Hall–Kier alpha value is -1.80. The van der Waals surface area contributed by atoms with E-state index in [1.807, 2.05) is 55.5 Å². The molecule has 2 aromatic carbocycles. The summed E-state index contributed by atoms with van der Waals surface area (Å²) in [5.41, 5.74) is 3.04. The lowest BCUT2D eigenvalue weighted by Gasteiger charge is -2.15. The standard InChI is InChI=1S/C17H17ClO2/c1-12-6-5-8-13(10-12)15(17(18)19)11-14-7-3-4-9-16(14)20-2/h3-10,15H,11H2,1-2H3. The van der Waals surface area contributed by atoms with Crippen molar-refractivity contribution < 1.29 is 9.53 Å². The fraction of sp³-hybridized carbons (Fsp3) is 0.235. The van der Waals surface area contributed by atoms with Gasteiger partial charge in [0.15, 0.2) is 0 Å². The van der Waals surface area contributed by atoms with Gasteiger partial charge in [-0.1, -0.05) is 48.0 Å². The number of methoxy groups -OCH3 is 1. The highest BCUT2D eigenvalue weighted by atomic mass is 35.5. The zero-order valence-corrected chi connectivity index (χ0v) is 12.4. The monoisotopic (exact) mass is 288 g/mol. The number of halogens is 1. The molecule has 0 aliphatic heterocycles. The molecule has 0 fully saturated rings. The average Bonchev–Trinajstić information content (AvgIpc) is 2.44. The first kappa shape index (κ1) is 14.6. The number of carbonyl (C=O) groups is 1. The fourth-order valence-electron chi connectivity index (χ4n) is 2.31. The van der Waals surface area contributed by atoms with Gasteiger partial charge in [-0.2, -0.15) is 0 Å². The van der Waals surface area contributed by atoms with Gasteiger partial charge in [-0.05, 0) is 42.1 Å². The summed E-state index contributed by atoms with van der Waals surface area (Å²) in [6.45, 7) is 2.00. The van der Waals surface area contributed by atoms with Crippen molar-refractivity contribution in [3.05, 3.63) is 65.2 Å². The predicted octanol–water partition coefficient (Wildman–Crippen LogP) is 4.10. The van der Waals surface area contributed by atoms with E-state index in [0.29, 0.717) is 6.42 Å². The highest BCUT2D eigenvalue weighted by molar-refractivity contribution is 6.64. The van der Waals surface area contributed by atoms with Crippen LogP contribution in [0.5, 0.6) is 5.75 Å². The summed E-state index contributed by atoms with van der Waals surface area (Å²) < 4.78 is 5.33. The van der Waals surface area contributed by atoms with Gasteiger partial charge in [-0.15, -0.1) is 0 Å². The van der Waals surface area contributed by atoms with Crippen LogP contribution >= 0.6 is 11.6 Å². The third-order valence-corrected chi connectivity index (χ3v) is 3.60. The van der Waals surface area contributed by atoms with Crippen molar-refractivity contribution in [3.8, 4) is 5.75 Å². The maximum absolute atomic E-state index is 11.8. The molecule has 2 nitrogen and oxygen atoms in total. The normalized spacial score (nSPS) is 11.9. The van der Waals surface area contributed by atoms with Gasteiger partial charge in [0.25, 0.3) is 0 Å². The van der Waals surface area contributed by atoms with Crippen molar-refractivity contribution in [2.75, 3.05) is 7.11 Å². The van der Waals surface area contributed by atoms with Crippen LogP contribution < -0.4 is 4.74 Å². The number of hydrogen-bond acceptors (Lipinski definition) is 2. The molecule has 0 saturated carbocycles. The molecule has 1 unspecified atom stereocenters. The molecule has 0 bridgehead atoms. The summed E-state index contributed by atoms with van der Waals surface area (Å²) in [5.74, 6) is 0.427. The van der Waals surface area contributed by atoms with Crippen LogP contribution in [0.25, 0.3) is 0 Å². The van der Waals surface area contributed by atoms with E-state index in [9.17, 15) is 4.79 Å². The molecule has 0 spiro atoms. The minimum atomic E-state index is -0.354. The number of para-hydroxylation sites is 1. The first-order chi connectivity index (χ1) is 9.61. The Balaban J connectivity index is 2.33. The van der Waals surface area contributed by atoms with Crippen molar-refractivity contribution in [1.82, 2.24) is 0 Å². The van der Waals surface area contributed by atoms with Crippen molar-refractivity contribution in [1.29, 1.82) is 0 Å². The van der Waals surface area contributed by atoms with Gasteiger partial charge in [-0.3, -0.25) is 4.79 Å². The summed E-state index contributed by atoms with van der Waals surface area (Å²) in [7, 11) is 1.63. The van der Waals surface area contributed by atoms with E-state index in [-0.39, 0.29) is 11.2 Å². The van der Waals surface area contributed by atoms with Gasteiger partial charge < -0.3 is 4.74 Å². The van der Waals surface area contributed by atoms with Gasteiger partial charge in [0.1, 0.15) is 5.75 Å². The number of hydrogen-bond donors (Lipinski definition) is 0. The predicted molar refractivity (Wildman–Crippen MR) is 81.5 cm³/mol. The van der Waals surface area contributed by atoms with E-state index >= 15 is 0 Å². The minimum Gasteiger partial charge on any atom is -0.496 e. The van der Waals surface area contributed by atoms with Crippen LogP contribution in [0.15, 0.2) is 48.5 Å². The number of rotatable bonds is 5. The van der Waals surface area contributed by atoms with Crippen LogP contribution in [0.4, 0.5) is 0 Å². The molecule has 2 aromatic rings. The van der Waals surface area contributed by atoms with Gasteiger partial charge in [-0.25, -0.2) is 0 Å². The molecule has 2 rings (SSSR count). The SMILES string of the molecule is COc1ccccc1CC(C(=O)Cl)c1cccc(C)c1. The molecule has 3 heteroatoms. The lowest BCUT2D eigenvalue weighted by molar-refractivity contribution is -0.113. The van der Waals surface area contributed by atoms with E-state index in [1.54, 1.807) is 7.11 Å². The zero-order valence-electron chi connectivity index (χ0n) is 11.6. The summed E-state index contributed by atoms with van der Waals surface area (Å²) >= 11 is 5.80. The van der Waals surface area contributed by atoms with Crippen LogP contribution in [0.2, 0.25) is 0 Å². The summed E-state index contributed by atoms with van der Waals surface area (Å²) in [5, 5.41) is -0.346. The van der Waals surface area contributed by atoms with Crippen molar-refractivity contribution in [2.24, 2.45) is 0 Å². The highest BCUT2D eigenvalue weighted by Crippen LogP contribution is 2.28. The molecule has 0 N–H and O–H groups in total. The van der Waals surface area contributed by atoms with E-state index < -0.39 is 0 Å². The van der Waals surface area contributed by atoms with E-state index in [0.717, 1.165) is 22.4 Å². The lowest BCUT2D eigenvalue weighted by Crippen LogP contribution is -2.11. The molecule has 0 saturated heterocycles. The fourth-order valence-corrected chi connectivity index (χ4v) is 2.51. The second-order valence-corrected chi connectivity index (χ2v) is 5.16. The maximum Gasteiger partial charge on any atom is 0.229 e. The summed E-state index contributed by atoms with van der Waals surface area (Å²) in [6, 6.07) is 15.6. The van der Waals surface area contributed by atoms with Crippen LogP contribution in [0.1, 0.15) is 22.6 Å². The van der Waals surface area contributed by atoms with Gasteiger partial charge in [0.05, 0.1) is 13.0 Å². The Morgan fingerprint density at radius 1 is 1.20 bits per heavy atom. The molecule has 0 radical (unpaired) electrons. The zero-order chi connectivity index (χ0) is 14.5. The highest BCUT2D eigenvalue weighted by Gasteiger charge is 2.20. The third kappa shape index (κ3) is 3.40. The van der Waals surface area contributed by atoms with Crippen molar-refractivity contribution >= 4 is 16.8 Å². The summed E-state index contributed by atoms with van der Waals surface area (Å²) in [6.07, 6.45) is 0.538. The Bertz CT molecular complexity index is 607. The second kappa shape index (κ2) is 6.58. The molecule has 0 aliphatic carbocycles. The lowest BCUT2D eigenvalue weighted by atomic mass is 9.92. The molecule has 20 heavy (non-hydrogen) atoms. The smallest absolute Gasteiger partial charge is 0.229 e. The van der Waals surface area contributed by atoms with Crippen LogP contribution in [-0.4, -0.2) is 12.4 Å². The van der Waals surface area contributed by atoms with Crippen molar-refractivity contribution in [2.45, 2.75) is 19.3 Å². The van der Waals surface area contributed by atoms with E-state index in [4.69, 9.17) is 16.3 Å².